The molecule has 0 N–H and O–H groups in total. The lowest BCUT2D eigenvalue weighted by Crippen LogP contribution is -2.48. The number of hydrogen-bond donors (Lipinski definition) is 0. The average molecular weight is 456 g/mol. The molecule has 2 amide bonds. The third-order valence-corrected chi connectivity index (χ3v) is 4.74. The molecule has 1 aromatic rings. The van der Waals surface area contributed by atoms with Gasteiger partial charge in [-0.05, 0) is 53.8 Å². The Kier molecular flexibility index (Phi) is 4.54. The van der Waals surface area contributed by atoms with Crippen molar-refractivity contribution in [2.45, 2.75) is 25.3 Å². The Labute approximate surface area is 156 Å². The highest BCUT2D eigenvalue weighted by molar-refractivity contribution is 14.1. The van der Waals surface area contributed by atoms with E-state index in [0.29, 0.717) is 10.8 Å². The van der Waals surface area contributed by atoms with Crippen LogP contribution in [0.15, 0.2) is 34.7 Å². The summed E-state index contributed by atoms with van der Waals surface area (Å²) in [6.07, 6.45) is -0.501. The van der Waals surface area contributed by atoms with Crippen molar-refractivity contribution in [2.75, 3.05) is 11.5 Å². The van der Waals surface area contributed by atoms with Gasteiger partial charge >= 0.3 is 5.97 Å². The van der Waals surface area contributed by atoms with Crippen molar-refractivity contribution in [1.29, 1.82) is 0 Å². The molecule has 1 spiro atoms. The number of anilines is 1. The van der Waals surface area contributed by atoms with E-state index in [2.05, 4.69) is 33.0 Å². The lowest BCUT2D eigenvalue weighted by atomic mass is 9.92. The lowest BCUT2D eigenvalue weighted by molar-refractivity contribution is -0.135. The number of halogens is 1. The smallest absolute Gasteiger partial charge is 0.354 e. The van der Waals surface area contributed by atoms with Gasteiger partial charge in [-0.2, -0.15) is 0 Å². The molecular weight excluding hydrogens is 443 g/mol. The van der Waals surface area contributed by atoms with Gasteiger partial charge in [-0.3, -0.25) is 9.59 Å². The molecule has 1 atom stereocenters. The van der Waals surface area contributed by atoms with Crippen LogP contribution in [0.1, 0.15) is 19.8 Å². The number of ether oxygens (including phenoxy) is 1. The van der Waals surface area contributed by atoms with Crippen LogP contribution >= 0.6 is 22.6 Å². The van der Waals surface area contributed by atoms with E-state index in [1.807, 2.05) is 0 Å². The van der Waals surface area contributed by atoms with Crippen LogP contribution in [0.25, 0.3) is 0 Å². The Balaban J connectivity index is 1.94. The van der Waals surface area contributed by atoms with Crippen LogP contribution in [0.2, 0.25) is 0 Å². The van der Waals surface area contributed by atoms with Gasteiger partial charge in [-0.1, -0.05) is 0 Å². The number of rotatable bonds is 4. The van der Waals surface area contributed by atoms with Gasteiger partial charge in [-0.15, -0.1) is 15.1 Å². The summed E-state index contributed by atoms with van der Waals surface area (Å²) in [5.74, 6) is -1.86. The summed E-state index contributed by atoms with van der Waals surface area (Å²) in [7, 11) is 0. The standard InChI is InChI=1S/C15H13IN4O5/c1-2-25-13(22)11-7-15(20(17-11)18-24)8-12(21)19(14(15)23)10-5-3-9(16)4-6-10/h3-6H,2,7-8H2,1H3/t15-/m0/s1. The zero-order valence-electron chi connectivity index (χ0n) is 13.1. The molecule has 9 nitrogen and oxygen atoms in total. The second-order valence-electron chi connectivity index (χ2n) is 5.53. The quantitative estimate of drug-likeness (QED) is 0.295. The van der Waals surface area contributed by atoms with E-state index in [-0.39, 0.29) is 25.2 Å². The first-order valence-electron chi connectivity index (χ1n) is 7.44. The van der Waals surface area contributed by atoms with Crippen molar-refractivity contribution in [3.8, 4) is 0 Å². The van der Waals surface area contributed by atoms with Crippen molar-refractivity contribution in [2.24, 2.45) is 10.4 Å². The van der Waals surface area contributed by atoms with E-state index < -0.39 is 23.3 Å². The molecule has 25 heavy (non-hydrogen) atoms. The molecule has 2 heterocycles. The Morgan fingerprint density at radius 3 is 2.60 bits per heavy atom. The van der Waals surface area contributed by atoms with Gasteiger partial charge in [0.05, 0.1) is 24.0 Å². The number of benzene rings is 1. The average Bonchev–Trinajstić information content (AvgIpc) is 3.07. The van der Waals surface area contributed by atoms with E-state index in [1.54, 1.807) is 31.2 Å². The Bertz CT molecular complexity index is 794. The molecule has 1 fully saturated rings. The molecular formula is C15H13IN4O5. The number of nitroso groups, excluding NO2 is 1. The summed E-state index contributed by atoms with van der Waals surface area (Å²) in [5, 5.41) is 7.13. The number of carbonyl (C=O) groups is 3. The van der Waals surface area contributed by atoms with E-state index in [1.165, 1.54) is 0 Å². The van der Waals surface area contributed by atoms with E-state index in [9.17, 15) is 19.3 Å². The molecule has 0 radical (unpaired) electrons. The number of nitrogens with zero attached hydrogens (tertiary/aromatic N) is 4. The lowest BCUT2D eigenvalue weighted by Gasteiger charge is -2.24. The number of carbonyl (C=O) groups excluding carboxylic acids is 3. The predicted octanol–water partition coefficient (Wildman–Crippen LogP) is 1.60. The van der Waals surface area contributed by atoms with Gasteiger partial charge in [-0.25, -0.2) is 9.69 Å². The van der Waals surface area contributed by atoms with Crippen molar-refractivity contribution >= 4 is 51.8 Å². The summed E-state index contributed by atoms with van der Waals surface area (Å²) < 4.78 is 5.80. The highest BCUT2D eigenvalue weighted by atomic mass is 127. The van der Waals surface area contributed by atoms with E-state index in [4.69, 9.17) is 4.74 Å². The summed E-state index contributed by atoms with van der Waals surface area (Å²) in [5.41, 5.74) is -1.32. The summed E-state index contributed by atoms with van der Waals surface area (Å²) in [6, 6.07) is 6.79. The zero-order valence-corrected chi connectivity index (χ0v) is 15.3. The van der Waals surface area contributed by atoms with Crippen molar-refractivity contribution < 1.29 is 19.1 Å². The van der Waals surface area contributed by atoms with Crippen LogP contribution in [0.4, 0.5) is 5.69 Å². The minimum atomic E-state index is -1.61. The normalized spacial score (nSPS) is 22.6. The van der Waals surface area contributed by atoms with Crippen molar-refractivity contribution in [3.63, 3.8) is 0 Å². The van der Waals surface area contributed by atoms with Crippen LogP contribution in [-0.2, 0) is 19.1 Å². The van der Waals surface area contributed by atoms with Crippen LogP contribution in [-0.4, -0.2) is 40.8 Å². The molecule has 0 aliphatic carbocycles. The minimum Gasteiger partial charge on any atom is -0.461 e. The summed E-state index contributed by atoms with van der Waals surface area (Å²) in [6.45, 7) is 1.75. The molecule has 3 rings (SSSR count). The van der Waals surface area contributed by atoms with Gasteiger partial charge in [0.25, 0.3) is 5.91 Å². The van der Waals surface area contributed by atoms with Crippen molar-refractivity contribution in [1.82, 2.24) is 5.12 Å². The maximum absolute atomic E-state index is 13.0. The Hall–Kier alpha value is -2.37. The van der Waals surface area contributed by atoms with E-state index in [0.717, 1.165) is 8.47 Å². The molecule has 130 valence electrons. The van der Waals surface area contributed by atoms with Gasteiger partial charge in [0.2, 0.25) is 5.91 Å². The predicted molar refractivity (Wildman–Crippen MR) is 95.3 cm³/mol. The monoisotopic (exact) mass is 456 g/mol. The molecule has 2 aliphatic rings. The molecule has 1 saturated heterocycles. The number of imide groups is 1. The first-order valence-corrected chi connectivity index (χ1v) is 8.52. The summed E-state index contributed by atoms with van der Waals surface area (Å²) >= 11 is 2.11. The first-order chi connectivity index (χ1) is 11.9. The van der Waals surface area contributed by atoms with Gasteiger partial charge in [0.15, 0.2) is 11.3 Å². The molecule has 0 aromatic heterocycles. The maximum Gasteiger partial charge on any atom is 0.354 e. The Morgan fingerprint density at radius 2 is 2.00 bits per heavy atom. The SMILES string of the molecule is CCOC(=O)C1=NN(N=O)[C@]2(CC(=O)N(c3ccc(I)cc3)C2=O)C1. The molecule has 1 aromatic carbocycles. The molecule has 0 bridgehead atoms. The second kappa shape index (κ2) is 6.50. The molecule has 2 aliphatic heterocycles. The second-order valence-corrected chi connectivity index (χ2v) is 6.78. The Morgan fingerprint density at radius 1 is 1.32 bits per heavy atom. The van der Waals surface area contributed by atoms with Crippen LogP contribution < -0.4 is 4.90 Å². The molecule has 10 heteroatoms. The fraction of sp³-hybridized carbons (Fsp3) is 0.333. The largest absolute Gasteiger partial charge is 0.461 e. The number of hydrazone groups is 1. The number of esters is 1. The third-order valence-electron chi connectivity index (χ3n) is 4.03. The highest BCUT2D eigenvalue weighted by Crippen LogP contribution is 2.40. The fourth-order valence-corrected chi connectivity index (χ4v) is 3.25. The van der Waals surface area contributed by atoms with Crippen LogP contribution in [0, 0.1) is 8.48 Å². The molecule has 0 saturated carbocycles. The van der Waals surface area contributed by atoms with Gasteiger partial charge < -0.3 is 4.74 Å². The zero-order chi connectivity index (χ0) is 18.2. The number of amides is 2. The van der Waals surface area contributed by atoms with Gasteiger partial charge in [0, 0.05) is 9.99 Å². The van der Waals surface area contributed by atoms with Crippen molar-refractivity contribution in [3.05, 3.63) is 32.7 Å². The fourth-order valence-electron chi connectivity index (χ4n) is 2.89. The third kappa shape index (κ3) is 2.79. The topological polar surface area (TPSA) is 109 Å². The van der Waals surface area contributed by atoms with Crippen LogP contribution in [0.3, 0.4) is 0 Å². The van der Waals surface area contributed by atoms with Crippen LogP contribution in [0.5, 0.6) is 0 Å². The number of hydrogen-bond acceptors (Lipinski definition) is 7. The first kappa shape index (κ1) is 17.5. The van der Waals surface area contributed by atoms with E-state index >= 15 is 0 Å². The molecule has 0 unspecified atom stereocenters. The maximum atomic E-state index is 13.0. The summed E-state index contributed by atoms with van der Waals surface area (Å²) in [4.78, 5) is 49.5. The minimum absolute atomic E-state index is 0.105. The highest BCUT2D eigenvalue weighted by Gasteiger charge is 2.61. The van der Waals surface area contributed by atoms with Gasteiger partial charge in [0.1, 0.15) is 0 Å².